The van der Waals surface area contributed by atoms with Gasteiger partial charge in [0.2, 0.25) is 5.91 Å². The van der Waals surface area contributed by atoms with Crippen molar-refractivity contribution in [2.24, 2.45) is 5.73 Å². The lowest BCUT2D eigenvalue weighted by molar-refractivity contribution is -0.118. The van der Waals surface area contributed by atoms with Crippen molar-refractivity contribution in [3.8, 4) is 0 Å². The molecule has 4 N–H and O–H groups in total. The van der Waals surface area contributed by atoms with Crippen molar-refractivity contribution in [3.63, 3.8) is 0 Å². The number of nitrogen functional groups attached to an aromatic ring is 1. The standard InChI is InChI=1S/C16H17N3O/c17-10-11-4-6-15-12(8-11)5-7-16(20)19(15)14-3-1-2-13(18)9-14/h1-4,6,8-9H,5,7,10,17-18H2. The van der Waals surface area contributed by atoms with Crippen LogP contribution < -0.4 is 16.4 Å². The number of hydrogen-bond acceptors (Lipinski definition) is 3. The molecule has 1 aliphatic rings. The topological polar surface area (TPSA) is 72.4 Å². The zero-order valence-electron chi connectivity index (χ0n) is 11.2. The fraction of sp³-hybridized carbons (Fsp3) is 0.188. The Bertz CT molecular complexity index is 667. The van der Waals surface area contributed by atoms with Crippen molar-refractivity contribution in [2.75, 3.05) is 10.6 Å². The summed E-state index contributed by atoms with van der Waals surface area (Å²) in [5.74, 6) is 0.101. The van der Waals surface area contributed by atoms with Crippen molar-refractivity contribution in [1.29, 1.82) is 0 Å². The molecule has 0 spiro atoms. The molecule has 2 aromatic carbocycles. The third kappa shape index (κ3) is 2.14. The van der Waals surface area contributed by atoms with Gasteiger partial charge in [-0.25, -0.2) is 0 Å². The van der Waals surface area contributed by atoms with Crippen molar-refractivity contribution in [2.45, 2.75) is 19.4 Å². The molecule has 0 saturated carbocycles. The lowest BCUT2D eigenvalue weighted by atomic mass is 9.98. The summed E-state index contributed by atoms with van der Waals surface area (Å²) in [7, 11) is 0. The van der Waals surface area contributed by atoms with E-state index >= 15 is 0 Å². The highest BCUT2D eigenvalue weighted by Gasteiger charge is 2.25. The number of anilines is 3. The van der Waals surface area contributed by atoms with Crippen LogP contribution in [0.5, 0.6) is 0 Å². The number of fused-ring (bicyclic) bond motifs is 1. The van der Waals surface area contributed by atoms with Crippen LogP contribution in [0, 0.1) is 0 Å². The highest BCUT2D eigenvalue weighted by molar-refractivity contribution is 6.03. The summed E-state index contributed by atoms with van der Waals surface area (Å²) in [5.41, 5.74) is 16.2. The van der Waals surface area contributed by atoms with Crippen molar-refractivity contribution >= 4 is 23.0 Å². The van der Waals surface area contributed by atoms with Gasteiger partial charge in [0.05, 0.1) is 11.4 Å². The van der Waals surface area contributed by atoms with Gasteiger partial charge in [-0.05, 0) is 41.8 Å². The Balaban J connectivity index is 2.10. The van der Waals surface area contributed by atoms with Crippen LogP contribution in [0.15, 0.2) is 42.5 Å². The van der Waals surface area contributed by atoms with E-state index in [0.29, 0.717) is 18.7 Å². The summed E-state index contributed by atoms with van der Waals surface area (Å²) in [4.78, 5) is 14.0. The third-order valence-corrected chi connectivity index (χ3v) is 3.61. The molecule has 3 rings (SSSR count). The largest absolute Gasteiger partial charge is 0.399 e. The van der Waals surface area contributed by atoms with Crippen LogP contribution in [0.25, 0.3) is 0 Å². The summed E-state index contributed by atoms with van der Waals surface area (Å²) < 4.78 is 0. The number of amides is 1. The molecule has 0 radical (unpaired) electrons. The van der Waals surface area contributed by atoms with Crippen LogP contribution in [-0.2, 0) is 17.8 Å². The van der Waals surface area contributed by atoms with E-state index in [1.807, 2.05) is 36.4 Å². The Morgan fingerprint density at radius 3 is 2.70 bits per heavy atom. The lowest BCUT2D eigenvalue weighted by Crippen LogP contribution is -2.30. The summed E-state index contributed by atoms with van der Waals surface area (Å²) in [6.07, 6.45) is 1.27. The molecule has 0 unspecified atom stereocenters. The number of nitrogens with zero attached hydrogens (tertiary/aromatic N) is 1. The van der Waals surface area contributed by atoms with E-state index in [1.54, 1.807) is 4.90 Å². The minimum atomic E-state index is 0.101. The number of benzene rings is 2. The molecule has 2 aromatic rings. The summed E-state index contributed by atoms with van der Waals surface area (Å²) >= 11 is 0. The number of hydrogen-bond donors (Lipinski definition) is 2. The van der Waals surface area contributed by atoms with Gasteiger partial charge in [0, 0.05) is 18.7 Å². The lowest BCUT2D eigenvalue weighted by Gasteiger charge is -2.30. The van der Waals surface area contributed by atoms with Gasteiger partial charge >= 0.3 is 0 Å². The van der Waals surface area contributed by atoms with Gasteiger partial charge in [-0.1, -0.05) is 18.2 Å². The number of aryl methyl sites for hydroxylation is 1. The van der Waals surface area contributed by atoms with Gasteiger partial charge < -0.3 is 11.5 Å². The summed E-state index contributed by atoms with van der Waals surface area (Å²) in [6, 6.07) is 13.4. The molecule has 0 saturated heterocycles. The van der Waals surface area contributed by atoms with Crippen LogP contribution >= 0.6 is 0 Å². The van der Waals surface area contributed by atoms with Gasteiger partial charge in [-0.3, -0.25) is 9.69 Å². The van der Waals surface area contributed by atoms with E-state index in [0.717, 1.165) is 28.9 Å². The Labute approximate surface area is 118 Å². The van der Waals surface area contributed by atoms with Gasteiger partial charge in [-0.2, -0.15) is 0 Å². The maximum atomic E-state index is 12.3. The van der Waals surface area contributed by atoms with E-state index in [4.69, 9.17) is 11.5 Å². The zero-order valence-corrected chi connectivity index (χ0v) is 11.2. The molecule has 1 aliphatic heterocycles. The molecule has 0 aromatic heterocycles. The van der Waals surface area contributed by atoms with Crippen molar-refractivity contribution in [3.05, 3.63) is 53.6 Å². The number of carbonyl (C=O) groups is 1. The first kappa shape index (κ1) is 12.7. The Hall–Kier alpha value is -2.33. The predicted octanol–water partition coefficient (Wildman–Crippen LogP) is 2.34. The number of nitrogens with two attached hydrogens (primary N) is 2. The van der Waals surface area contributed by atoms with Crippen LogP contribution in [0.4, 0.5) is 17.1 Å². The predicted molar refractivity (Wildman–Crippen MR) is 80.7 cm³/mol. The maximum absolute atomic E-state index is 12.3. The molecule has 4 nitrogen and oxygen atoms in total. The summed E-state index contributed by atoms with van der Waals surface area (Å²) in [6.45, 7) is 0.513. The van der Waals surface area contributed by atoms with E-state index < -0.39 is 0 Å². The second-order valence-corrected chi connectivity index (χ2v) is 4.99. The zero-order chi connectivity index (χ0) is 14.1. The molecule has 4 heteroatoms. The molecule has 0 atom stereocenters. The Kier molecular flexibility index (Phi) is 3.16. The molecule has 0 fully saturated rings. The number of carbonyl (C=O) groups excluding carboxylic acids is 1. The fourth-order valence-electron chi connectivity index (χ4n) is 2.62. The highest BCUT2D eigenvalue weighted by Crippen LogP contribution is 2.35. The van der Waals surface area contributed by atoms with Gasteiger partial charge in [0.1, 0.15) is 0 Å². The second-order valence-electron chi connectivity index (χ2n) is 4.99. The number of rotatable bonds is 2. The highest BCUT2D eigenvalue weighted by atomic mass is 16.2. The maximum Gasteiger partial charge on any atom is 0.231 e. The average Bonchev–Trinajstić information content (AvgIpc) is 2.46. The summed E-state index contributed by atoms with van der Waals surface area (Å²) in [5, 5.41) is 0. The van der Waals surface area contributed by atoms with Gasteiger partial charge in [-0.15, -0.1) is 0 Å². The fourth-order valence-corrected chi connectivity index (χ4v) is 2.62. The second kappa shape index (κ2) is 4.98. The molecule has 102 valence electrons. The van der Waals surface area contributed by atoms with Crippen LogP contribution in [0.1, 0.15) is 17.5 Å². The monoisotopic (exact) mass is 267 g/mol. The van der Waals surface area contributed by atoms with Gasteiger partial charge in [0.25, 0.3) is 0 Å². The minimum absolute atomic E-state index is 0.101. The van der Waals surface area contributed by atoms with E-state index in [1.165, 1.54) is 0 Å². The SMILES string of the molecule is NCc1ccc2c(c1)CCC(=O)N2c1cccc(N)c1. The third-order valence-electron chi connectivity index (χ3n) is 3.61. The smallest absolute Gasteiger partial charge is 0.231 e. The minimum Gasteiger partial charge on any atom is -0.399 e. The molecule has 1 amide bonds. The van der Waals surface area contributed by atoms with E-state index in [-0.39, 0.29) is 5.91 Å². The Morgan fingerprint density at radius 1 is 1.10 bits per heavy atom. The molecule has 20 heavy (non-hydrogen) atoms. The van der Waals surface area contributed by atoms with E-state index in [9.17, 15) is 4.79 Å². The molecule has 0 bridgehead atoms. The van der Waals surface area contributed by atoms with Crippen molar-refractivity contribution < 1.29 is 4.79 Å². The first-order valence-electron chi connectivity index (χ1n) is 6.69. The molecular weight excluding hydrogens is 250 g/mol. The first-order chi connectivity index (χ1) is 9.69. The van der Waals surface area contributed by atoms with Crippen LogP contribution in [0.2, 0.25) is 0 Å². The molecule has 1 heterocycles. The van der Waals surface area contributed by atoms with Gasteiger partial charge in [0.15, 0.2) is 0 Å². The first-order valence-corrected chi connectivity index (χ1v) is 6.69. The molecule has 0 aliphatic carbocycles. The van der Waals surface area contributed by atoms with Crippen LogP contribution in [0.3, 0.4) is 0 Å². The van der Waals surface area contributed by atoms with E-state index in [2.05, 4.69) is 6.07 Å². The average molecular weight is 267 g/mol. The van der Waals surface area contributed by atoms with Crippen molar-refractivity contribution in [1.82, 2.24) is 0 Å². The quantitative estimate of drug-likeness (QED) is 0.820. The molecular formula is C16H17N3O. The van der Waals surface area contributed by atoms with Crippen LogP contribution in [-0.4, -0.2) is 5.91 Å². The Morgan fingerprint density at radius 2 is 1.95 bits per heavy atom. The normalized spacial score (nSPS) is 14.2.